The Hall–Kier alpha value is -2.12. The number of anilines is 1. The van der Waals surface area contributed by atoms with Crippen molar-refractivity contribution in [2.24, 2.45) is 0 Å². The van der Waals surface area contributed by atoms with Crippen LogP contribution in [0.1, 0.15) is 22.3 Å². The van der Waals surface area contributed by atoms with Crippen molar-refractivity contribution in [1.82, 2.24) is 10.4 Å². The lowest BCUT2D eigenvalue weighted by molar-refractivity contribution is 0.0276. The molecule has 0 bridgehead atoms. The normalized spacial score (nSPS) is 14.7. The monoisotopic (exact) mass is 515 g/mol. The lowest BCUT2D eigenvalue weighted by Crippen LogP contribution is -2.47. The highest BCUT2D eigenvalue weighted by Crippen LogP contribution is 2.27. The summed E-state index contributed by atoms with van der Waals surface area (Å²) in [6.45, 7) is 7.47. The predicted molar refractivity (Wildman–Crippen MR) is 135 cm³/mol. The van der Waals surface area contributed by atoms with Crippen LogP contribution in [0.2, 0.25) is 5.02 Å². The first kappa shape index (κ1) is 23.1. The molecule has 7 heteroatoms. The fourth-order valence-electron chi connectivity index (χ4n) is 4.08. The molecule has 32 heavy (non-hydrogen) atoms. The van der Waals surface area contributed by atoms with Gasteiger partial charge in [0.1, 0.15) is 0 Å². The molecule has 1 saturated heterocycles. The molecular formula is C25H27BrClN3O2. The lowest BCUT2D eigenvalue weighted by atomic mass is 10.1. The molecule has 1 aliphatic rings. The molecule has 4 rings (SSSR count). The van der Waals surface area contributed by atoms with Crippen LogP contribution in [0.5, 0.6) is 0 Å². The number of carbonyl (C=O) groups is 1. The Morgan fingerprint density at radius 1 is 1.09 bits per heavy atom. The van der Waals surface area contributed by atoms with Gasteiger partial charge < -0.3 is 4.90 Å². The third-order valence-electron chi connectivity index (χ3n) is 5.91. The summed E-state index contributed by atoms with van der Waals surface area (Å²) in [5, 5.41) is 2.91. The lowest BCUT2D eigenvalue weighted by Gasteiger charge is -2.36. The van der Waals surface area contributed by atoms with E-state index in [4.69, 9.17) is 16.4 Å². The topological polar surface area (TPSA) is 44.8 Å². The van der Waals surface area contributed by atoms with E-state index in [1.807, 2.05) is 48.5 Å². The van der Waals surface area contributed by atoms with E-state index in [2.05, 4.69) is 44.2 Å². The van der Waals surface area contributed by atoms with Crippen LogP contribution in [0.25, 0.3) is 10.8 Å². The number of halogens is 2. The summed E-state index contributed by atoms with van der Waals surface area (Å²) in [5.74, 6) is -0.234. The molecule has 0 unspecified atom stereocenters. The van der Waals surface area contributed by atoms with E-state index in [-0.39, 0.29) is 5.91 Å². The number of fused-ring (bicyclic) bond motifs is 1. The van der Waals surface area contributed by atoms with Crippen molar-refractivity contribution in [3.8, 4) is 0 Å². The van der Waals surface area contributed by atoms with Gasteiger partial charge in [0.05, 0.1) is 6.61 Å². The minimum absolute atomic E-state index is 0.234. The SMILES string of the molecule is Cc1c(Cl)cccc1N1CCN(CCCONC(=O)c2cc(Br)c3ccccc3c2)CC1. The second-order valence-corrected chi connectivity index (χ2v) is 9.29. The molecule has 3 aromatic rings. The summed E-state index contributed by atoms with van der Waals surface area (Å²) < 4.78 is 0.896. The van der Waals surface area contributed by atoms with Gasteiger partial charge in [0, 0.05) is 53.5 Å². The van der Waals surface area contributed by atoms with Gasteiger partial charge in [0.2, 0.25) is 0 Å². The molecule has 0 aliphatic carbocycles. The van der Waals surface area contributed by atoms with E-state index in [1.54, 1.807) is 0 Å². The first-order chi connectivity index (χ1) is 15.5. The van der Waals surface area contributed by atoms with Gasteiger partial charge in [-0.25, -0.2) is 5.48 Å². The second kappa shape index (κ2) is 10.7. The van der Waals surface area contributed by atoms with Crippen molar-refractivity contribution in [1.29, 1.82) is 0 Å². The Bertz CT molecular complexity index is 1100. The van der Waals surface area contributed by atoms with Crippen LogP contribution >= 0.6 is 27.5 Å². The van der Waals surface area contributed by atoms with Gasteiger partial charge in [0.15, 0.2) is 0 Å². The number of amides is 1. The second-order valence-electron chi connectivity index (χ2n) is 8.03. The summed E-state index contributed by atoms with van der Waals surface area (Å²) in [4.78, 5) is 22.7. The Morgan fingerprint density at radius 3 is 2.69 bits per heavy atom. The zero-order valence-corrected chi connectivity index (χ0v) is 20.5. The molecule has 0 aromatic heterocycles. The van der Waals surface area contributed by atoms with Crippen molar-refractivity contribution in [3.63, 3.8) is 0 Å². The maximum Gasteiger partial charge on any atom is 0.274 e. The zero-order chi connectivity index (χ0) is 22.5. The quantitative estimate of drug-likeness (QED) is 0.336. The van der Waals surface area contributed by atoms with E-state index in [0.717, 1.165) is 65.0 Å². The molecule has 1 aliphatic heterocycles. The van der Waals surface area contributed by atoms with E-state index in [1.165, 1.54) is 5.69 Å². The van der Waals surface area contributed by atoms with E-state index in [0.29, 0.717) is 12.2 Å². The molecule has 1 fully saturated rings. The smallest absolute Gasteiger partial charge is 0.274 e. The summed E-state index contributed by atoms with van der Waals surface area (Å²) in [6, 6.07) is 17.7. The van der Waals surface area contributed by atoms with Crippen LogP contribution < -0.4 is 10.4 Å². The van der Waals surface area contributed by atoms with Crippen molar-refractivity contribution < 1.29 is 9.63 Å². The Labute approximate surface area is 202 Å². The molecule has 1 N–H and O–H groups in total. The van der Waals surface area contributed by atoms with Crippen molar-refractivity contribution in [2.45, 2.75) is 13.3 Å². The molecule has 0 saturated carbocycles. The summed E-state index contributed by atoms with van der Waals surface area (Å²) in [7, 11) is 0. The highest BCUT2D eigenvalue weighted by molar-refractivity contribution is 9.10. The fourth-order valence-corrected chi connectivity index (χ4v) is 4.86. The number of nitrogens with zero attached hydrogens (tertiary/aromatic N) is 2. The highest BCUT2D eigenvalue weighted by Gasteiger charge is 2.18. The third-order valence-corrected chi connectivity index (χ3v) is 6.98. The molecule has 168 valence electrons. The van der Waals surface area contributed by atoms with Gasteiger partial charge in [-0.15, -0.1) is 0 Å². The van der Waals surface area contributed by atoms with Gasteiger partial charge in [-0.3, -0.25) is 14.5 Å². The van der Waals surface area contributed by atoms with Gasteiger partial charge in [0.25, 0.3) is 5.91 Å². The number of hydrogen-bond acceptors (Lipinski definition) is 4. The maximum atomic E-state index is 12.4. The Kier molecular flexibility index (Phi) is 7.68. The molecule has 3 aromatic carbocycles. The van der Waals surface area contributed by atoms with Gasteiger partial charge >= 0.3 is 0 Å². The molecule has 0 radical (unpaired) electrons. The van der Waals surface area contributed by atoms with Crippen molar-refractivity contribution in [2.75, 3.05) is 44.2 Å². The van der Waals surface area contributed by atoms with Crippen molar-refractivity contribution in [3.05, 3.63) is 75.2 Å². The summed E-state index contributed by atoms with van der Waals surface area (Å²) in [6.07, 6.45) is 0.859. The molecule has 0 atom stereocenters. The first-order valence-electron chi connectivity index (χ1n) is 10.9. The number of hydrogen-bond donors (Lipinski definition) is 1. The summed E-state index contributed by atoms with van der Waals surface area (Å²) in [5.41, 5.74) is 5.51. The van der Waals surface area contributed by atoms with Crippen LogP contribution in [0.4, 0.5) is 5.69 Å². The fraction of sp³-hybridized carbons (Fsp3) is 0.320. The van der Waals surface area contributed by atoms with Crippen molar-refractivity contribution >= 4 is 49.9 Å². The average Bonchev–Trinajstić information content (AvgIpc) is 2.81. The zero-order valence-electron chi connectivity index (χ0n) is 18.1. The number of hydroxylamine groups is 1. The molecule has 1 amide bonds. The van der Waals surface area contributed by atoms with E-state index < -0.39 is 0 Å². The van der Waals surface area contributed by atoms with Gasteiger partial charge in [-0.05, 0) is 53.9 Å². The van der Waals surface area contributed by atoms with Crippen LogP contribution in [0, 0.1) is 6.92 Å². The highest BCUT2D eigenvalue weighted by atomic mass is 79.9. The predicted octanol–water partition coefficient (Wildman–Crippen LogP) is 5.44. The standard InChI is InChI=1S/C25H27BrClN3O2/c1-18-23(27)8-4-9-24(18)30-13-11-29(12-14-30)10-5-15-32-28-25(31)20-16-19-6-2-3-7-21(19)22(26)17-20/h2-4,6-9,16-17H,5,10-15H2,1H3,(H,28,31). The molecule has 1 heterocycles. The van der Waals surface area contributed by atoms with Crippen LogP contribution in [0.15, 0.2) is 59.1 Å². The number of benzene rings is 3. The first-order valence-corrected chi connectivity index (χ1v) is 12.0. The number of rotatable bonds is 7. The van der Waals surface area contributed by atoms with E-state index in [9.17, 15) is 4.79 Å². The maximum absolute atomic E-state index is 12.4. The third kappa shape index (κ3) is 5.44. The van der Waals surface area contributed by atoms with Crippen LogP contribution in [0.3, 0.4) is 0 Å². The van der Waals surface area contributed by atoms with Crippen LogP contribution in [-0.4, -0.2) is 50.1 Å². The minimum atomic E-state index is -0.234. The largest absolute Gasteiger partial charge is 0.369 e. The average molecular weight is 517 g/mol. The molecule has 0 spiro atoms. The Balaban J connectivity index is 1.18. The minimum Gasteiger partial charge on any atom is -0.369 e. The number of nitrogens with one attached hydrogen (secondary N) is 1. The van der Waals surface area contributed by atoms with E-state index >= 15 is 0 Å². The van der Waals surface area contributed by atoms with Gasteiger partial charge in [-0.1, -0.05) is 57.9 Å². The summed E-state index contributed by atoms with van der Waals surface area (Å²) >= 11 is 9.81. The molecule has 5 nitrogen and oxygen atoms in total. The van der Waals surface area contributed by atoms with Gasteiger partial charge in [-0.2, -0.15) is 0 Å². The number of piperazine rings is 1. The molecular weight excluding hydrogens is 490 g/mol. The number of carbonyl (C=O) groups excluding carboxylic acids is 1. The Morgan fingerprint density at radius 2 is 1.88 bits per heavy atom. The van der Waals surface area contributed by atoms with Crippen LogP contribution in [-0.2, 0) is 4.84 Å².